The number of anilines is 2. The molecule has 2 atom stereocenters. The first kappa shape index (κ1) is 16.8. The zero-order valence-corrected chi connectivity index (χ0v) is 14.2. The second kappa shape index (κ2) is 6.28. The fourth-order valence-electron chi connectivity index (χ4n) is 2.99. The van der Waals surface area contributed by atoms with Gasteiger partial charge in [-0.1, -0.05) is 20.3 Å². The molecule has 1 saturated heterocycles. The van der Waals surface area contributed by atoms with Crippen LogP contribution in [0.3, 0.4) is 0 Å². The molecule has 1 heterocycles. The predicted molar refractivity (Wildman–Crippen MR) is 88.5 cm³/mol. The maximum absolute atomic E-state index is 12.4. The molecule has 1 fully saturated rings. The van der Waals surface area contributed by atoms with Gasteiger partial charge in [0.15, 0.2) is 9.84 Å². The maximum Gasteiger partial charge on any atom is 0.226 e. The fourth-order valence-corrected chi connectivity index (χ4v) is 3.68. The number of carbonyl (C=O) groups is 1. The number of nitrogens with zero attached hydrogens (tertiary/aromatic N) is 1. The summed E-state index contributed by atoms with van der Waals surface area (Å²) < 4.78 is 23.6. The van der Waals surface area contributed by atoms with Gasteiger partial charge in [-0.05, 0) is 36.5 Å². The van der Waals surface area contributed by atoms with E-state index in [9.17, 15) is 13.2 Å². The molecule has 6 heteroatoms. The van der Waals surface area contributed by atoms with Crippen LogP contribution in [-0.2, 0) is 14.6 Å². The molecule has 1 aromatic rings. The number of amides is 1. The Morgan fingerprint density at radius 2 is 2.00 bits per heavy atom. The monoisotopic (exact) mass is 324 g/mol. The highest BCUT2D eigenvalue weighted by Gasteiger charge is 2.28. The molecule has 0 bridgehead atoms. The average molecular weight is 324 g/mol. The minimum Gasteiger partial charge on any atom is -0.399 e. The van der Waals surface area contributed by atoms with Crippen LogP contribution in [0.1, 0.15) is 33.1 Å². The first-order valence-corrected chi connectivity index (χ1v) is 9.52. The lowest BCUT2D eigenvalue weighted by Crippen LogP contribution is -2.34. The zero-order valence-electron chi connectivity index (χ0n) is 13.4. The number of nitrogens with two attached hydrogens (primary N) is 1. The van der Waals surface area contributed by atoms with Gasteiger partial charge < -0.3 is 10.6 Å². The number of carbonyl (C=O) groups excluding carboxylic acids is 1. The first-order chi connectivity index (χ1) is 10.2. The Balaban J connectivity index is 2.44. The second-order valence-corrected chi connectivity index (χ2v) is 8.24. The summed E-state index contributed by atoms with van der Waals surface area (Å²) in [7, 11) is -3.36. The van der Waals surface area contributed by atoms with Crippen molar-refractivity contribution >= 4 is 27.1 Å². The molecule has 1 aromatic carbocycles. The van der Waals surface area contributed by atoms with Crippen LogP contribution in [0.15, 0.2) is 23.1 Å². The Morgan fingerprint density at radius 1 is 1.32 bits per heavy atom. The molecule has 0 aromatic heterocycles. The molecule has 5 nitrogen and oxygen atoms in total. The first-order valence-electron chi connectivity index (χ1n) is 7.63. The van der Waals surface area contributed by atoms with Crippen molar-refractivity contribution in [2.24, 2.45) is 11.8 Å². The Morgan fingerprint density at radius 3 is 2.59 bits per heavy atom. The van der Waals surface area contributed by atoms with Gasteiger partial charge in [-0.15, -0.1) is 0 Å². The quantitative estimate of drug-likeness (QED) is 0.866. The summed E-state index contributed by atoms with van der Waals surface area (Å²) in [5.41, 5.74) is 6.78. The summed E-state index contributed by atoms with van der Waals surface area (Å²) in [5, 5.41) is 0. The number of hydrogen-bond acceptors (Lipinski definition) is 4. The van der Waals surface area contributed by atoms with Gasteiger partial charge in [0.2, 0.25) is 5.91 Å². The van der Waals surface area contributed by atoms with Crippen molar-refractivity contribution in [1.82, 2.24) is 0 Å². The number of nitrogen functional groups attached to an aromatic ring is 1. The lowest BCUT2D eigenvalue weighted by Gasteiger charge is -2.27. The third-order valence-corrected chi connectivity index (χ3v) is 5.61. The van der Waals surface area contributed by atoms with Gasteiger partial charge in [0.05, 0.1) is 4.90 Å². The number of sulfone groups is 1. The normalized spacial score (nSPS) is 23.4. The topological polar surface area (TPSA) is 80.5 Å². The van der Waals surface area contributed by atoms with E-state index in [-0.39, 0.29) is 10.8 Å². The molecule has 2 rings (SSSR count). The maximum atomic E-state index is 12.4. The molecule has 22 heavy (non-hydrogen) atoms. The van der Waals surface area contributed by atoms with E-state index < -0.39 is 9.84 Å². The van der Waals surface area contributed by atoms with Crippen molar-refractivity contribution in [3.05, 3.63) is 18.2 Å². The third kappa shape index (κ3) is 3.61. The summed E-state index contributed by atoms with van der Waals surface area (Å²) in [4.78, 5) is 14.3. The van der Waals surface area contributed by atoms with Crippen LogP contribution in [0, 0.1) is 11.8 Å². The van der Waals surface area contributed by atoms with Crippen LogP contribution in [-0.4, -0.2) is 27.1 Å². The Hall–Kier alpha value is -1.56. The Labute approximate surface area is 132 Å². The van der Waals surface area contributed by atoms with Crippen LogP contribution in [0.2, 0.25) is 0 Å². The third-order valence-electron chi connectivity index (χ3n) is 4.51. The zero-order chi connectivity index (χ0) is 16.5. The van der Waals surface area contributed by atoms with Gasteiger partial charge in [0.1, 0.15) is 0 Å². The molecular weight excluding hydrogens is 300 g/mol. The van der Waals surface area contributed by atoms with Crippen molar-refractivity contribution in [1.29, 1.82) is 0 Å². The molecule has 0 radical (unpaired) electrons. The highest BCUT2D eigenvalue weighted by molar-refractivity contribution is 7.90. The molecule has 1 amide bonds. The van der Waals surface area contributed by atoms with Gasteiger partial charge in [-0.25, -0.2) is 8.42 Å². The minimum atomic E-state index is -3.36. The van der Waals surface area contributed by atoms with E-state index in [4.69, 9.17) is 5.73 Å². The van der Waals surface area contributed by atoms with Crippen molar-refractivity contribution in [2.75, 3.05) is 23.4 Å². The molecule has 2 N–H and O–H groups in total. The number of benzene rings is 1. The molecule has 1 aliphatic rings. The van der Waals surface area contributed by atoms with Crippen LogP contribution in [0.4, 0.5) is 11.4 Å². The SMILES string of the molecule is CCC1CN(c2cc(N)cc(S(C)(=O)=O)c2)C(=O)CC[C@@H]1C. The standard InChI is InChI=1S/C16H24N2O3S/c1-4-12-10-18(16(19)6-5-11(12)2)14-7-13(17)8-15(9-14)22(3,20)21/h7-9,11-12H,4-6,10,17H2,1-3H3/t11-,12?/m0/s1. The smallest absolute Gasteiger partial charge is 0.226 e. The van der Waals surface area contributed by atoms with E-state index in [1.807, 2.05) is 0 Å². The molecule has 0 saturated carbocycles. The average Bonchev–Trinajstić information content (AvgIpc) is 2.57. The highest BCUT2D eigenvalue weighted by Crippen LogP contribution is 2.31. The lowest BCUT2D eigenvalue weighted by molar-refractivity contribution is -0.118. The second-order valence-electron chi connectivity index (χ2n) is 6.22. The number of rotatable bonds is 3. The van der Waals surface area contributed by atoms with Crippen molar-refractivity contribution in [3.8, 4) is 0 Å². The highest BCUT2D eigenvalue weighted by atomic mass is 32.2. The predicted octanol–water partition coefficient (Wildman–Crippen LogP) is 2.46. The van der Waals surface area contributed by atoms with Crippen LogP contribution in [0.5, 0.6) is 0 Å². The van der Waals surface area contributed by atoms with Crippen LogP contribution >= 0.6 is 0 Å². The molecule has 1 aliphatic heterocycles. The van der Waals surface area contributed by atoms with Gasteiger partial charge >= 0.3 is 0 Å². The van der Waals surface area contributed by atoms with Gasteiger partial charge in [-0.2, -0.15) is 0 Å². The van der Waals surface area contributed by atoms with Gasteiger partial charge in [0, 0.05) is 30.6 Å². The van der Waals surface area contributed by atoms with Crippen molar-refractivity contribution in [3.63, 3.8) is 0 Å². The number of hydrogen-bond donors (Lipinski definition) is 1. The lowest BCUT2D eigenvalue weighted by atomic mass is 9.89. The van der Waals surface area contributed by atoms with E-state index in [1.54, 1.807) is 17.0 Å². The molecule has 0 aliphatic carbocycles. The summed E-state index contributed by atoms with van der Waals surface area (Å²) in [6.07, 6.45) is 3.49. The largest absolute Gasteiger partial charge is 0.399 e. The molecular formula is C16H24N2O3S. The van der Waals surface area contributed by atoms with Crippen LogP contribution in [0.25, 0.3) is 0 Å². The van der Waals surface area contributed by atoms with Crippen molar-refractivity contribution < 1.29 is 13.2 Å². The van der Waals surface area contributed by atoms with Crippen LogP contribution < -0.4 is 10.6 Å². The summed E-state index contributed by atoms with van der Waals surface area (Å²) >= 11 is 0. The molecule has 0 spiro atoms. The fraction of sp³-hybridized carbons (Fsp3) is 0.562. The summed E-state index contributed by atoms with van der Waals surface area (Å²) in [5.74, 6) is 0.928. The van der Waals surface area contributed by atoms with Gasteiger partial charge in [0.25, 0.3) is 0 Å². The van der Waals surface area contributed by atoms with E-state index in [2.05, 4.69) is 13.8 Å². The van der Waals surface area contributed by atoms with Gasteiger partial charge in [-0.3, -0.25) is 4.79 Å². The van der Waals surface area contributed by atoms with E-state index >= 15 is 0 Å². The van der Waals surface area contributed by atoms with E-state index in [0.717, 1.165) is 19.1 Å². The molecule has 1 unspecified atom stereocenters. The van der Waals surface area contributed by atoms with E-state index in [1.165, 1.54) is 6.07 Å². The summed E-state index contributed by atoms with van der Waals surface area (Å²) in [6, 6.07) is 4.66. The van der Waals surface area contributed by atoms with E-state index in [0.29, 0.717) is 36.2 Å². The minimum absolute atomic E-state index is 0.0350. The van der Waals surface area contributed by atoms with Crippen molar-refractivity contribution in [2.45, 2.75) is 38.0 Å². The Bertz CT molecular complexity index is 670. The summed E-state index contributed by atoms with van der Waals surface area (Å²) in [6.45, 7) is 4.91. The Kier molecular flexibility index (Phi) is 4.80. The molecule has 122 valence electrons.